The number of pyridine rings is 1. The molecule has 65 heavy (non-hydrogen) atoms. The molecule has 310 valence electrons. The van der Waals surface area contributed by atoms with Crippen LogP contribution in [0.2, 0.25) is 0 Å². The SMILES string of the molecule is CC(C)c1ccc(C2(c3ccc(C(C)C)cc3)c3ccccc3-c3ccc(-c4cccc(-c5ccc6c7c(cccc57)-c5cc(-c7cccc(-c8ccncc8)c7)ccc5-6)c4)cc32)cc1. The van der Waals surface area contributed by atoms with Gasteiger partial charge in [0.25, 0.3) is 0 Å². The summed E-state index contributed by atoms with van der Waals surface area (Å²) >= 11 is 0. The van der Waals surface area contributed by atoms with Crippen LogP contribution in [0.4, 0.5) is 0 Å². The molecule has 1 heteroatoms. The molecule has 12 rings (SSSR count). The molecule has 0 N–H and O–H groups in total. The number of fused-ring (bicyclic) bond motifs is 6. The molecule has 0 bridgehead atoms. The van der Waals surface area contributed by atoms with Gasteiger partial charge in [-0.05, 0) is 170 Å². The van der Waals surface area contributed by atoms with E-state index in [1.807, 2.05) is 12.4 Å². The maximum Gasteiger partial charge on any atom is 0.0713 e. The van der Waals surface area contributed by atoms with Crippen LogP contribution in [0.15, 0.2) is 213 Å². The monoisotopic (exact) mass is 831 g/mol. The minimum atomic E-state index is -0.473. The van der Waals surface area contributed by atoms with Gasteiger partial charge in [-0.2, -0.15) is 0 Å². The lowest BCUT2D eigenvalue weighted by Gasteiger charge is -2.34. The van der Waals surface area contributed by atoms with Crippen LogP contribution in [0, 0.1) is 0 Å². The predicted octanol–water partition coefficient (Wildman–Crippen LogP) is 17.2. The zero-order chi connectivity index (χ0) is 43.8. The molecular formula is C64H49N. The van der Waals surface area contributed by atoms with E-state index in [4.69, 9.17) is 0 Å². The second kappa shape index (κ2) is 15.3. The first-order valence-corrected chi connectivity index (χ1v) is 23.1. The smallest absolute Gasteiger partial charge is 0.0713 e. The highest BCUT2D eigenvalue weighted by Crippen LogP contribution is 2.57. The van der Waals surface area contributed by atoms with Gasteiger partial charge in [0.1, 0.15) is 0 Å². The summed E-state index contributed by atoms with van der Waals surface area (Å²) in [4.78, 5) is 4.23. The standard InChI is InChI=1S/C64H49N/c1-40(2)42-18-24-51(25-19-42)64(52-26-20-43(21-27-52)41(3)4)61-17-6-5-14-55(61)56-29-23-49(39-62(56)64)47-12-8-13-50(37-47)53-30-31-59-54-28-22-48(38-60(54)58-16-9-15-57(53)63(58)59)46-11-7-10-45(36-46)44-32-34-65-35-33-44/h5-41H,1-4H3. The predicted molar refractivity (Wildman–Crippen MR) is 273 cm³/mol. The van der Waals surface area contributed by atoms with Gasteiger partial charge in [0.05, 0.1) is 5.41 Å². The van der Waals surface area contributed by atoms with Crippen molar-refractivity contribution >= 4 is 10.8 Å². The summed E-state index contributed by atoms with van der Waals surface area (Å²) in [6, 6.07) is 75.9. The van der Waals surface area contributed by atoms with Gasteiger partial charge in [0.2, 0.25) is 0 Å². The quantitative estimate of drug-likeness (QED) is 0.149. The molecule has 10 aromatic rings. The van der Waals surface area contributed by atoms with Crippen LogP contribution in [-0.4, -0.2) is 4.98 Å². The van der Waals surface area contributed by atoms with Crippen molar-refractivity contribution in [2.75, 3.05) is 0 Å². The Hall–Kier alpha value is -7.61. The van der Waals surface area contributed by atoms with Crippen molar-refractivity contribution in [3.8, 4) is 77.9 Å². The van der Waals surface area contributed by atoms with Crippen LogP contribution in [0.3, 0.4) is 0 Å². The van der Waals surface area contributed by atoms with Crippen molar-refractivity contribution in [1.82, 2.24) is 4.98 Å². The first-order chi connectivity index (χ1) is 31.9. The topological polar surface area (TPSA) is 12.9 Å². The minimum Gasteiger partial charge on any atom is -0.265 e. The van der Waals surface area contributed by atoms with E-state index >= 15 is 0 Å². The van der Waals surface area contributed by atoms with Gasteiger partial charge in [-0.1, -0.05) is 191 Å². The molecule has 0 aliphatic heterocycles. The van der Waals surface area contributed by atoms with E-state index < -0.39 is 5.41 Å². The third-order valence-electron chi connectivity index (χ3n) is 14.4. The van der Waals surface area contributed by atoms with Gasteiger partial charge in [0, 0.05) is 12.4 Å². The number of hydrogen-bond donors (Lipinski definition) is 0. The molecule has 2 aliphatic carbocycles. The molecule has 0 atom stereocenters. The largest absolute Gasteiger partial charge is 0.265 e. The van der Waals surface area contributed by atoms with E-state index in [-0.39, 0.29) is 0 Å². The Labute approximate surface area is 382 Å². The van der Waals surface area contributed by atoms with E-state index in [1.165, 1.54) is 122 Å². The zero-order valence-corrected chi connectivity index (χ0v) is 37.3. The summed E-state index contributed by atoms with van der Waals surface area (Å²) in [7, 11) is 0. The molecule has 0 radical (unpaired) electrons. The average Bonchev–Trinajstić information content (AvgIpc) is 3.85. The molecule has 2 aliphatic rings. The van der Waals surface area contributed by atoms with Crippen molar-refractivity contribution in [1.29, 1.82) is 0 Å². The van der Waals surface area contributed by atoms with Gasteiger partial charge in [0.15, 0.2) is 0 Å². The molecule has 0 unspecified atom stereocenters. The molecule has 0 saturated carbocycles. The summed E-state index contributed by atoms with van der Waals surface area (Å²) in [5.74, 6) is 0.919. The number of hydrogen-bond acceptors (Lipinski definition) is 1. The number of benzene rings is 9. The fraction of sp³-hybridized carbons (Fsp3) is 0.109. The molecule has 1 nitrogen and oxygen atoms in total. The maximum atomic E-state index is 4.23. The Kier molecular flexibility index (Phi) is 9.17. The first-order valence-electron chi connectivity index (χ1n) is 23.1. The van der Waals surface area contributed by atoms with Gasteiger partial charge in [-0.25, -0.2) is 0 Å². The fourth-order valence-electron chi connectivity index (χ4n) is 11.1. The highest BCUT2D eigenvalue weighted by Gasteiger charge is 2.46. The minimum absolute atomic E-state index is 0.459. The highest BCUT2D eigenvalue weighted by atomic mass is 14.6. The van der Waals surface area contributed by atoms with Crippen LogP contribution >= 0.6 is 0 Å². The molecule has 1 heterocycles. The summed E-state index contributed by atoms with van der Waals surface area (Å²) in [6.45, 7) is 9.11. The van der Waals surface area contributed by atoms with E-state index in [0.717, 1.165) is 0 Å². The summed E-state index contributed by atoms with van der Waals surface area (Å²) in [5, 5.41) is 2.62. The Bertz CT molecular complexity index is 3410. The lowest BCUT2D eigenvalue weighted by atomic mass is 9.67. The van der Waals surface area contributed by atoms with Gasteiger partial charge < -0.3 is 0 Å². The highest BCUT2D eigenvalue weighted by molar-refractivity contribution is 6.19. The Morgan fingerprint density at radius 2 is 0.815 bits per heavy atom. The van der Waals surface area contributed by atoms with Gasteiger partial charge >= 0.3 is 0 Å². The van der Waals surface area contributed by atoms with E-state index in [9.17, 15) is 0 Å². The number of nitrogens with zero attached hydrogens (tertiary/aromatic N) is 1. The van der Waals surface area contributed by atoms with Crippen LogP contribution < -0.4 is 0 Å². The average molecular weight is 832 g/mol. The lowest BCUT2D eigenvalue weighted by Crippen LogP contribution is -2.28. The van der Waals surface area contributed by atoms with Crippen LogP contribution in [0.25, 0.3) is 88.7 Å². The van der Waals surface area contributed by atoms with Crippen molar-refractivity contribution in [2.24, 2.45) is 0 Å². The first kappa shape index (κ1) is 39.0. The Morgan fingerprint density at radius 1 is 0.323 bits per heavy atom. The van der Waals surface area contributed by atoms with Crippen LogP contribution in [0.5, 0.6) is 0 Å². The molecule has 9 aromatic carbocycles. The third kappa shape index (κ3) is 6.17. The van der Waals surface area contributed by atoms with Crippen molar-refractivity contribution in [3.63, 3.8) is 0 Å². The zero-order valence-electron chi connectivity index (χ0n) is 37.3. The fourth-order valence-corrected chi connectivity index (χ4v) is 11.1. The molecule has 0 amide bonds. The summed E-state index contributed by atoms with van der Waals surface area (Å²) < 4.78 is 0. The Balaban J connectivity index is 0.965. The van der Waals surface area contributed by atoms with Crippen LogP contribution in [0.1, 0.15) is 72.9 Å². The van der Waals surface area contributed by atoms with E-state index in [0.29, 0.717) is 11.8 Å². The normalized spacial score (nSPS) is 13.0. The molecule has 0 saturated heterocycles. The number of aromatic nitrogens is 1. The van der Waals surface area contributed by atoms with Crippen molar-refractivity contribution in [2.45, 2.75) is 44.9 Å². The van der Waals surface area contributed by atoms with Gasteiger partial charge in [-0.3, -0.25) is 4.98 Å². The van der Waals surface area contributed by atoms with Crippen molar-refractivity contribution in [3.05, 3.63) is 246 Å². The van der Waals surface area contributed by atoms with Crippen molar-refractivity contribution < 1.29 is 0 Å². The number of rotatable bonds is 8. The Morgan fingerprint density at radius 3 is 1.49 bits per heavy atom. The summed E-state index contributed by atoms with van der Waals surface area (Å²) in [6.07, 6.45) is 3.72. The molecule has 0 spiro atoms. The molecule has 1 aromatic heterocycles. The van der Waals surface area contributed by atoms with Crippen LogP contribution in [-0.2, 0) is 5.41 Å². The van der Waals surface area contributed by atoms with Gasteiger partial charge in [-0.15, -0.1) is 0 Å². The van der Waals surface area contributed by atoms with E-state index in [2.05, 4.69) is 233 Å². The second-order valence-corrected chi connectivity index (χ2v) is 18.7. The maximum absolute atomic E-state index is 4.23. The summed E-state index contributed by atoms with van der Waals surface area (Å²) in [5.41, 5.74) is 25.0. The van der Waals surface area contributed by atoms with E-state index in [1.54, 1.807) is 0 Å². The molecular weight excluding hydrogens is 783 g/mol. The third-order valence-corrected chi connectivity index (χ3v) is 14.4. The second-order valence-electron chi connectivity index (χ2n) is 18.7. The molecule has 0 fully saturated rings. The lowest BCUT2D eigenvalue weighted by molar-refractivity contribution is 0.762.